The van der Waals surface area contributed by atoms with Crippen molar-refractivity contribution in [2.45, 2.75) is 52.2 Å². The second-order valence-corrected chi connectivity index (χ2v) is 5.70. The molecule has 1 aliphatic rings. The van der Waals surface area contributed by atoms with E-state index in [2.05, 4.69) is 43.0 Å². The normalized spacial score (nSPS) is 26.1. The predicted octanol–water partition coefficient (Wildman–Crippen LogP) is 3.75. The van der Waals surface area contributed by atoms with Crippen LogP contribution in [0, 0.1) is 5.92 Å². The number of benzene rings is 1. The third kappa shape index (κ3) is 2.86. The molecule has 1 aromatic carbocycles. The molecule has 1 fully saturated rings. The molecule has 0 saturated carbocycles. The summed E-state index contributed by atoms with van der Waals surface area (Å²) >= 11 is 0. The lowest BCUT2D eigenvalue weighted by atomic mass is 9.94. The molecule has 0 radical (unpaired) electrons. The van der Waals surface area contributed by atoms with Crippen LogP contribution in [0.3, 0.4) is 0 Å². The van der Waals surface area contributed by atoms with Gasteiger partial charge < -0.3 is 10.0 Å². The smallest absolute Gasteiger partial charge is 0.0787 e. The Morgan fingerprint density at radius 1 is 1.22 bits per heavy atom. The highest BCUT2D eigenvalue weighted by atomic mass is 16.3. The first-order chi connectivity index (χ1) is 8.61. The number of hydrogen-bond donors (Lipinski definition) is 1. The molecule has 3 unspecified atom stereocenters. The van der Waals surface area contributed by atoms with Gasteiger partial charge in [-0.1, -0.05) is 26.0 Å². The first-order valence-electron chi connectivity index (χ1n) is 7.16. The topological polar surface area (TPSA) is 23.5 Å². The van der Waals surface area contributed by atoms with Gasteiger partial charge in [0.2, 0.25) is 0 Å². The van der Waals surface area contributed by atoms with Gasteiger partial charge in [-0.15, -0.1) is 0 Å². The summed E-state index contributed by atoms with van der Waals surface area (Å²) in [5.74, 6) is 0.780. The molecule has 0 aromatic heterocycles. The first kappa shape index (κ1) is 13.4. The van der Waals surface area contributed by atoms with E-state index >= 15 is 0 Å². The minimum absolute atomic E-state index is 0.322. The van der Waals surface area contributed by atoms with Gasteiger partial charge in [0.1, 0.15) is 0 Å². The third-order valence-corrected chi connectivity index (χ3v) is 4.11. The highest BCUT2D eigenvalue weighted by Crippen LogP contribution is 2.28. The van der Waals surface area contributed by atoms with Crippen molar-refractivity contribution in [2.75, 3.05) is 11.4 Å². The molecule has 1 aliphatic heterocycles. The van der Waals surface area contributed by atoms with E-state index in [0.29, 0.717) is 6.04 Å². The molecule has 0 spiro atoms. The summed E-state index contributed by atoms with van der Waals surface area (Å²) in [7, 11) is 0. The molecule has 1 heterocycles. The van der Waals surface area contributed by atoms with E-state index < -0.39 is 0 Å². The largest absolute Gasteiger partial charge is 0.388 e. The Hall–Kier alpha value is -1.02. The Kier molecular flexibility index (Phi) is 4.28. The van der Waals surface area contributed by atoms with Gasteiger partial charge in [-0.2, -0.15) is 0 Å². The summed E-state index contributed by atoms with van der Waals surface area (Å²) in [6.45, 7) is 7.79. The molecule has 2 heteroatoms. The van der Waals surface area contributed by atoms with Crippen LogP contribution in [0.5, 0.6) is 0 Å². The van der Waals surface area contributed by atoms with Crippen molar-refractivity contribution < 1.29 is 5.11 Å². The summed E-state index contributed by atoms with van der Waals surface area (Å²) in [6, 6.07) is 9.07. The highest BCUT2D eigenvalue weighted by Gasteiger charge is 2.22. The minimum Gasteiger partial charge on any atom is -0.388 e. The average Bonchev–Trinajstić information content (AvgIpc) is 2.41. The summed E-state index contributed by atoms with van der Waals surface area (Å²) < 4.78 is 0. The van der Waals surface area contributed by atoms with Gasteiger partial charge >= 0.3 is 0 Å². The molecule has 2 rings (SSSR count). The number of aliphatic hydroxyl groups excluding tert-OH is 1. The molecule has 100 valence electrons. The van der Waals surface area contributed by atoms with Crippen molar-refractivity contribution in [3.8, 4) is 0 Å². The molecule has 3 atom stereocenters. The maximum Gasteiger partial charge on any atom is 0.0787 e. The Morgan fingerprint density at radius 3 is 2.50 bits per heavy atom. The minimum atomic E-state index is -0.322. The van der Waals surface area contributed by atoms with Crippen LogP contribution in [0.1, 0.15) is 51.7 Å². The number of anilines is 1. The fourth-order valence-electron chi connectivity index (χ4n) is 2.77. The van der Waals surface area contributed by atoms with Gasteiger partial charge in [0.25, 0.3) is 0 Å². The van der Waals surface area contributed by atoms with Crippen molar-refractivity contribution in [3.05, 3.63) is 29.8 Å². The van der Waals surface area contributed by atoms with E-state index in [4.69, 9.17) is 0 Å². The van der Waals surface area contributed by atoms with Crippen molar-refractivity contribution in [1.29, 1.82) is 0 Å². The molecule has 1 saturated heterocycles. The predicted molar refractivity (Wildman–Crippen MR) is 76.9 cm³/mol. The lowest BCUT2D eigenvalue weighted by molar-refractivity contribution is 0.173. The SMILES string of the molecule is CCC(O)c1ccc(N2CC(C)CCC2C)cc1. The lowest BCUT2D eigenvalue weighted by Crippen LogP contribution is -2.41. The maximum atomic E-state index is 9.81. The zero-order valence-corrected chi connectivity index (χ0v) is 11.8. The van der Waals surface area contributed by atoms with Crippen LogP contribution in [-0.4, -0.2) is 17.7 Å². The van der Waals surface area contributed by atoms with Crippen LogP contribution >= 0.6 is 0 Å². The number of rotatable bonds is 3. The lowest BCUT2D eigenvalue weighted by Gasteiger charge is -2.38. The van der Waals surface area contributed by atoms with E-state index in [0.717, 1.165) is 24.4 Å². The van der Waals surface area contributed by atoms with Gasteiger partial charge in [-0.05, 0) is 49.8 Å². The molecular weight excluding hydrogens is 222 g/mol. The highest BCUT2D eigenvalue weighted by molar-refractivity contribution is 5.49. The van der Waals surface area contributed by atoms with Crippen molar-refractivity contribution >= 4 is 5.69 Å². The standard InChI is InChI=1S/C16H25NO/c1-4-16(18)14-7-9-15(10-8-14)17-11-12(2)5-6-13(17)3/h7-10,12-13,16,18H,4-6,11H2,1-3H3. The Labute approximate surface area is 111 Å². The van der Waals surface area contributed by atoms with Crippen LogP contribution < -0.4 is 4.90 Å². The van der Waals surface area contributed by atoms with Gasteiger partial charge in [-0.25, -0.2) is 0 Å². The van der Waals surface area contributed by atoms with Gasteiger partial charge in [0.15, 0.2) is 0 Å². The van der Waals surface area contributed by atoms with Crippen LogP contribution in [0.2, 0.25) is 0 Å². The van der Waals surface area contributed by atoms with Crippen molar-refractivity contribution in [1.82, 2.24) is 0 Å². The summed E-state index contributed by atoms with van der Waals surface area (Å²) in [6.07, 6.45) is 3.07. The maximum absolute atomic E-state index is 9.81. The number of nitrogens with zero attached hydrogens (tertiary/aromatic N) is 1. The molecule has 0 bridgehead atoms. The monoisotopic (exact) mass is 247 g/mol. The molecule has 0 aliphatic carbocycles. The van der Waals surface area contributed by atoms with E-state index in [1.807, 2.05) is 6.92 Å². The van der Waals surface area contributed by atoms with E-state index in [-0.39, 0.29) is 6.10 Å². The molecular formula is C16H25NO. The van der Waals surface area contributed by atoms with Crippen LogP contribution in [0.25, 0.3) is 0 Å². The first-order valence-corrected chi connectivity index (χ1v) is 7.16. The van der Waals surface area contributed by atoms with Crippen LogP contribution in [0.15, 0.2) is 24.3 Å². The van der Waals surface area contributed by atoms with Crippen LogP contribution in [-0.2, 0) is 0 Å². The summed E-state index contributed by atoms with van der Waals surface area (Å²) in [5, 5.41) is 9.81. The second kappa shape index (κ2) is 5.75. The number of piperidine rings is 1. The van der Waals surface area contributed by atoms with Gasteiger partial charge in [0.05, 0.1) is 6.10 Å². The zero-order valence-electron chi connectivity index (χ0n) is 11.8. The fourth-order valence-corrected chi connectivity index (χ4v) is 2.77. The summed E-state index contributed by atoms with van der Waals surface area (Å²) in [5.41, 5.74) is 2.32. The van der Waals surface area contributed by atoms with E-state index in [1.165, 1.54) is 18.5 Å². The molecule has 1 aromatic rings. The Bertz CT molecular complexity index is 373. The van der Waals surface area contributed by atoms with Crippen LogP contribution in [0.4, 0.5) is 5.69 Å². The number of hydrogen-bond acceptors (Lipinski definition) is 2. The molecule has 1 N–H and O–H groups in total. The van der Waals surface area contributed by atoms with Gasteiger partial charge in [-0.3, -0.25) is 0 Å². The Balaban J connectivity index is 2.13. The van der Waals surface area contributed by atoms with Gasteiger partial charge in [0, 0.05) is 18.3 Å². The molecule has 2 nitrogen and oxygen atoms in total. The average molecular weight is 247 g/mol. The molecule has 18 heavy (non-hydrogen) atoms. The third-order valence-electron chi connectivity index (χ3n) is 4.11. The quantitative estimate of drug-likeness (QED) is 0.879. The van der Waals surface area contributed by atoms with E-state index in [1.54, 1.807) is 0 Å². The van der Waals surface area contributed by atoms with E-state index in [9.17, 15) is 5.11 Å². The van der Waals surface area contributed by atoms with Crippen molar-refractivity contribution in [2.24, 2.45) is 5.92 Å². The zero-order chi connectivity index (χ0) is 13.1. The second-order valence-electron chi connectivity index (χ2n) is 5.70. The fraction of sp³-hybridized carbons (Fsp3) is 0.625. The van der Waals surface area contributed by atoms with Crippen molar-refractivity contribution in [3.63, 3.8) is 0 Å². The number of aliphatic hydroxyl groups is 1. The Morgan fingerprint density at radius 2 is 1.89 bits per heavy atom. The summed E-state index contributed by atoms with van der Waals surface area (Å²) in [4.78, 5) is 2.50. The molecule has 0 amide bonds.